The third kappa shape index (κ3) is 3.32. The molecule has 4 nitrogen and oxygen atoms in total. The lowest BCUT2D eigenvalue weighted by molar-refractivity contribution is -0.124. The van der Waals surface area contributed by atoms with Crippen LogP contribution in [0.5, 0.6) is 0 Å². The van der Waals surface area contributed by atoms with Crippen LogP contribution >= 0.6 is 11.3 Å². The Labute approximate surface area is 111 Å². The monoisotopic (exact) mass is 266 g/mol. The molecule has 5 heteroatoms. The Hall–Kier alpha value is -1.36. The Balaban J connectivity index is 1.97. The van der Waals surface area contributed by atoms with E-state index in [1.54, 1.807) is 6.07 Å². The zero-order valence-corrected chi connectivity index (χ0v) is 11.4. The maximum Gasteiger partial charge on any atom is 0.262 e. The second-order valence-electron chi connectivity index (χ2n) is 4.96. The molecule has 98 valence electrons. The third-order valence-corrected chi connectivity index (χ3v) is 3.77. The van der Waals surface area contributed by atoms with Crippen LogP contribution in [0.2, 0.25) is 0 Å². The summed E-state index contributed by atoms with van der Waals surface area (Å²) in [5.74, 6) is -0.167. The molecule has 1 aliphatic carbocycles. The molecule has 2 amide bonds. The Bertz CT molecular complexity index is 424. The summed E-state index contributed by atoms with van der Waals surface area (Å²) in [5.41, 5.74) is 0. The van der Waals surface area contributed by atoms with E-state index in [4.69, 9.17) is 0 Å². The van der Waals surface area contributed by atoms with Crippen LogP contribution < -0.4 is 10.6 Å². The second kappa shape index (κ2) is 5.52. The average Bonchev–Trinajstić information content (AvgIpc) is 2.96. The van der Waals surface area contributed by atoms with Crippen molar-refractivity contribution in [1.29, 1.82) is 0 Å². The molecule has 18 heavy (non-hydrogen) atoms. The highest BCUT2D eigenvalue weighted by Gasteiger charge is 2.30. The van der Waals surface area contributed by atoms with Crippen LogP contribution in [-0.4, -0.2) is 23.9 Å². The molecule has 0 aromatic carbocycles. The lowest BCUT2D eigenvalue weighted by Crippen LogP contribution is -2.50. The number of carbonyl (C=O) groups is 2. The van der Waals surface area contributed by atoms with Crippen LogP contribution in [0, 0.1) is 5.92 Å². The highest BCUT2D eigenvalue weighted by Crippen LogP contribution is 2.19. The van der Waals surface area contributed by atoms with Crippen LogP contribution in [0.25, 0.3) is 0 Å². The van der Waals surface area contributed by atoms with E-state index in [1.807, 2.05) is 25.3 Å². The highest BCUT2D eigenvalue weighted by atomic mass is 32.1. The topological polar surface area (TPSA) is 58.2 Å². The number of carbonyl (C=O) groups excluding carboxylic acids is 2. The Morgan fingerprint density at radius 3 is 2.61 bits per heavy atom. The van der Waals surface area contributed by atoms with E-state index < -0.39 is 6.04 Å². The number of hydrogen-bond acceptors (Lipinski definition) is 3. The molecule has 1 aliphatic rings. The molecule has 0 spiro atoms. The van der Waals surface area contributed by atoms with Crippen molar-refractivity contribution < 1.29 is 9.59 Å². The van der Waals surface area contributed by atoms with Gasteiger partial charge in [0.1, 0.15) is 6.04 Å². The fraction of sp³-hybridized carbons (Fsp3) is 0.538. The van der Waals surface area contributed by atoms with Gasteiger partial charge < -0.3 is 10.6 Å². The summed E-state index contributed by atoms with van der Waals surface area (Å²) in [6.45, 7) is 3.87. The molecule has 0 bridgehead atoms. The van der Waals surface area contributed by atoms with Crippen LogP contribution in [0.15, 0.2) is 17.5 Å². The zero-order chi connectivity index (χ0) is 13.1. The molecule has 1 fully saturated rings. The summed E-state index contributed by atoms with van der Waals surface area (Å²) in [4.78, 5) is 24.6. The van der Waals surface area contributed by atoms with Crippen molar-refractivity contribution in [1.82, 2.24) is 10.6 Å². The molecule has 1 aromatic heterocycles. The van der Waals surface area contributed by atoms with Crippen LogP contribution in [0.4, 0.5) is 0 Å². The summed E-state index contributed by atoms with van der Waals surface area (Å²) in [6, 6.07) is 3.45. The van der Waals surface area contributed by atoms with Crippen LogP contribution in [0.1, 0.15) is 36.4 Å². The standard InChI is InChI=1S/C13H18N2O2S/c1-8(2)11(13(17)14-9-5-6-9)15-12(16)10-4-3-7-18-10/h3-4,7-9,11H,5-6H2,1-2H3,(H,14,17)(H,15,16)/t11-/m0/s1. The molecule has 2 N–H and O–H groups in total. The summed E-state index contributed by atoms with van der Waals surface area (Å²) < 4.78 is 0. The van der Waals surface area contributed by atoms with E-state index in [1.165, 1.54) is 11.3 Å². The van der Waals surface area contributed by atoms with Crippen molar-refractivity contribution in [2.45, 2.75) is 38.8 Å². The minimum atomic E-state index is -0.458. The van der Waals surface area contributed by atoms with Crippen molar-refractivity contribution in [3.8, 4) is 0 Å². The van der Waals surface area contributed by atoms with Gasteiger partial charge in [-0.3, -0.25) is 9.59 Å². The summed E-state index contributed by atoms with van der Waals surface area (Å²) in [5, 5.41) is 7.60. The van der Waals surface area contributed by atoms with Gasteiger partial charge in [-0.2, -0.15) is 0 Å². The zero-order valence-electron chi connectivity index (χ0n) is 10.6. The van der Waals surface area contributed by atoms with Gasteiger partial charge in [0.05, 0.1) is 4.88 Å². The molecule has 0 radical (unpaired) electrons. The van der Waals surface area contributed by atoms with E-state index in [9.17, 15) is 9.59 Å². The number of nitrogens with one attached hydrogen (secondary N) is 2. The molecule has 1 saturated carbocycles. The summed E-state index contributed by atoms with van der Waals surface area (Å²) in [6.07, 6.45) is 2.10. The van der Waals surface area contributed by atoms with Gasteiger partial charge in [-0.1, -0.05) is 19.9 Å². The smallest absolute Gasteiger partial charge is 0.262 e. The third-order valence-electron chi connectivity index (χ3n) is 2.90. The predicted molar refractivity (Wildman–Crippen MR) is 71.6 cm³/mol. The SMILES string of the molecule is CC(C)[C@H](NC(=O)c1cccs1)C(=O)NC1CC1. The molecular formula is C13H18N2O2S. The maximum absolute atomic E-state index is 12.0. The molecule has 2 rings (SSSR count). The normalized spacial score (nSPS) is 16.4. The number of amides is 2. The van der Waals surface area contributed by atoms with Crippen molar-refractivity contribution >= 4 is 23.2 Å². The minimum absolute atomic E-state index is 0.0718. The Kier molecular flexibility index (Phi) is 4.01. The quantitative estimate of drug-likeness (QED) is 0.853. The van der Waals surface area contributed by atoms with Gasteiger partial charge in [0, 0.05) is 6.04 Å². The van der Waals surface area contributed by atoms with Crippen molar-refractivity contribution in [3.63, 3.8) is 0 Å². The van der Waals surface area contributed by atoms with Gasteiger partial charge in [-0.25, -0.2) is 0 Å². The minimum Gasteiger partial charge on any atom is -0.352 e. The van der Waals surface area contributed by atoms with E-state index in [-0.39, 0.29) is 17.7 Å². The molecular weight excluding hydrogens is 248 g/mol. The van der Waals surface area contributed by atoms with Crippen molar-refractivity contribution in [2.24, 2.45) is 5.92 Å². The fourth-order valence-electron chi connectivity index (χ4n) is 1.67. The van der Waals surface area contributed by atoms with Crippen molar-refractivity contribution in [3.05, 3.63) is 22.4 Å². The first kappa shape index (κ1) is 13.1. The molecule has 0 unspecified atom stereocenters. The first-order valence-corrected chi connectivity index (χ1v) is 7.10. The highest BCUT2D eigenvalue weighted by molar-refractivity contribution is 7.12. The second-order valence-corrected chi connectivity index (χ2v) is 5.90. The number of hydrogen-bond donors (Lipinski definition) is 2. The molecule has 1 atom stereocenters. The van der Waals surface area contributed by atoms with Crippen LogP contribution in [-0.2, 0) is 4.79 Å². The van der Waals surface area contributed by atoms with Gasteiger partial charge >= 0.3 is 0 Å². The van der Waals surface area contributed by atoms with E-state index in [0.717, 1.165) is 12.8 Å². The van der Waals surface area contributed by atoms with Gasteiger partial charge in [0.15, 0.2) is 0 Å². The number of thiophene rings is 1. The van der Waals surface area contributed by atoms with E-state index in [0.29, 0.717) is 10.9 Å². The molecule has 0 aliphatic heterocycles. The predicted octanol–water partition coefficient (Wildman–Crippen LogP) is 1.78. The van der Waals surface area contributed by atoms with Crippen LogP contribution in [0.3, 0.4) is 0 Å². The van der Waals surface area contributed by atoms with E-state index >= 15 is 0 Å². The van der Waals surface area contributed by atoms with Gasteiger partial charge in [-0.15, -0.1) is 11.3 Å². The fourth-order valence-corrected chi connectivity index (χ4v) is 2.30. The first-order valence-electron chi connectivity index (χ1n) is 6.22. The Morgan fingerprint density at radius 1 is 1.39 bits per heavy atom. The van der Waals surface area contributed by atoms with Gasteiger partial charge in [0.25, 0.3) is 5.91 Å². The molecule has 1 heterocycles. The van der Waals surface area contributed by atoms with Gasteiger partial charge in [-0.05, 0) is 30.2 Å². The lowest BCUT2D eigenvalue weighted by atomic mass is 10.0. The largest absolute Gasteiger partial charge is 0.352 e. The van der Waals surface area contributed by atoms with E-state index in [2.05, 4.69) is 10.6 Å². The molecule has 0 saturated heterocycles. The molecule has 1 aromatic rings. The first-order chi connectivity index (χ1) is 8.58. The Morgan fingerprint density at radius 2 is 2.11 bits per heavy atom. The average molecular weight is 266 g/mol. The van der Waals surface area contributed by atoms with Gasteiger partial charge in [0.2, 0.25) is 5.91 Å². The maximum atomic E-state index is 12.0. The summed E-state index contributed by atoms with van der Waals surface area (Å²) >= 11 is 1.38. The lowest BCUT2D eigenvalue weighted by Gasteiger charge is -2.21. The van der Waals surface area contributed by atoms with Crippen molar-refractivity contribution in [2.75, 3.05) is 0 Å². The summed E-state index contributed by atoms with van der Waals surface area (Å²) in [7, 11) is 0. The number of rotatable bonds is 5.